The van der Waals surface area contributed by atoms with E-state index in [4.69, 9.17) is 0 Å². The number of carboxylic acid groups (broad SMARTS) is 1. The maximum Gasteiger partial charge on any atom is 0.324 e. The summed E-state index contributed by atoms with van der Waals surface area (Å²) in [5.74, 6) is -0.936. The van der Waals surface area contributed by atoms with Crippen LogP contribution in [0.2, 0.25) is 0 Å². The van der Waals surface area contributed by atoms with E-state index in [9.17, 15) is 19.5 Å². The van der Waals surface area contributed by atoms with Crippen LogP contribution in [0.3, 0.4) is 0 Å². The Morgan fingerprint density at radius 1 is 0.944 bits per heavy atom. The van der Waals surface area contributed by atoms with E-state index in [2.05, 4.69) is 30.1 Å². The molecule has 3 fully saturated rings. The number of urea groups is 1. The van der Waals surface area contributed by atoms with E-state index in [1.165, 1.54) is 11.1 Å². The van der Waals surface area contributed by atoms with Crippen LogP contribution >= 0.6 is 0 Å². The summed E-state index contributed by atoms with van der Waals surface area (Å²) in [6.07, 6.45) is 9.07. The molecule has 0 unspecified atom stereocenters. The topological polar surface area (TPSA) is 84.4 Å². The minimum atomic E-state index is -0.943. The van der Waals surface area contributed by atoms with Crippen molar-refractivity contribution in [3.8, 4) is 0 Å². The Balaban J connectivity index is 1.21. The second kappa shape index (κ2) is 10.8. The van der Waals surface area contributed by atoms with Gasteiger partial charge in [-0.3, -0.25) is 14.5 Å². The first-order chi connectivity index (χ1) is 17.4. The van der Waals surface area contributed by atoms with Crippen LogP contribution in [-0.4, -0.2) is 89.6 Å². The van der Waals surface area contributed by atoms with Crippen molar-refractivity contribution in [3.63, 3.8) is 0 Å². The van der Waals surface area contributed by atoms with E-state index in [-0.39, 0.29) is 36.5 Å². The molecule has 8 heteroatoms. The van der Waals surface area contributed by atoms with Crippen LogP contribution in [0.1, 0.15) is 62.5 Å². The Bertz CT molecular complexity index is 984. The fourth-order valence-corrected chi connectivity index (χ4v) is 6.75. The SMILES string of the molecule is CN1CCc2ccc(N3CCN([C@H]4CC[C@H](N(CC(=O)O)C(=O)C5CCCC5)CC4)C3=O)cc2CC1. The Morgan fingerprint density at radius 2 is 1.64 bits per heavy atom. The maximum absolute atomic E-state index is 13.4. The van der Waals surface area contributed by atoms with Gasteiger partial charge >= 0.3 is 12.0 Å². The highest BCUT2D eigenvalue weighted by atomic mass is 16.4. The van der Waals surface area contributed by atoms with Crippen LogP contribution in [-0.2, 0) is 22.4 Å². The van der Waals surface area contributed by atoms with E-state index < -0.39 is 5.97 Å². The van der Waals surface area contributed by atoms with E-state index >= 15 is 0 Å². The molecular weight excluding hydrogens is 456 g/mol. The zero-order valence-electron chi connectivity index (χ0n) is 21.5. The van der Waals surface area contributed by atoms with Crippen molar-refractivity contribution in [2.75, 3.05) is 44.7 Å². The van der Waals surface area contributed by atoms with Gasteiger partial charge in [0.1, 0.15) is 6.54 Å². The van der Waals surface area contributed by atoms with Crippen molar-refractivity contribution in [1.29, 1.82) is 0 Å². The fourth-order valence-electron chi connectivity index (χ4n) is 6.75. The molecule has 2 aliphatic carbocycles. The molecule has 0 spiro atoms. The number of carboxylic acids is 1. The highest BCUT2D eigenvalue weighted by molar-refractivity contribution is 5.94. The van der Waals surface area contributed by atoms with Gasteiger partial charge in [0.05, 0.1) is 0 Å². The summed E-state index contributed by atoms with van der Waals surface area (Å²) in [6.45, 7) is 3.31. The highest BCUT2D eigenvalue weighted by Crippen LogP contribution is 2.34. The number of amides is 3. The lowest BCUT2D eigenvalue weighted by Gasteiger charge is -2.39. The smallest absolute Gasteiger partial charge is 0.324 e. The van der Waals surface area contributed by atoms with Crippen LogP contribution in [0.4, 0.5) is 10.5 Å². The monoisotopic (exact) mass is 496 g/mol. The Hall–Kier alpha value is -2.61. The molecular formula is C28H40N4O4. The number of nitrogens with zero attached hydrogens (tertiary/aromatic N) is 4. The molecule has 1 saturated heterocycles. The third kappa shape index (κ3) is 5.24. The normalized spacial score (nSPS) is 25.6. The Kier molecular flexibility index (Phi) is 7.51. The van der Waals surface area contributed by atoms with Crippen molar-refractivity contribution in [2.24, 2.45) is 5.92 Å². The van der Waals surface area contributed by atoms with Crippen molar-refractivity contribution in [3.05, 3.63) is 29.3 Å². The number of fused-ring (bicyclic) bond motifs is 1. The minimum Gasteiger partial charge on any atom is -0.480 e. The predicted octanol–water partition coefficient (Wildman–Crippen LogP) is 3.37. The summed E-state index contributed by atoms with van der Waals surface area (Å²) in [7, 11) is 2.16. The molecule has 2 saturated carbocycles. The second-order valence-corrected chi connectivity index (χ2v) is 11.2. The van der Waals surface area contributed by atoms with Gasteiger partial charge in [-0.05, 0) is 81.7 Å². The van der Waals surface area contributed by atoms with E-state index in [0.29, 0.717) is 13.1 Å². The van der Waals surface area contributed by atoms with Gasteiger partial charge in [-0.15, -0.1) is 0 Å². The molecule has 0 aromatic heterocycles. The number of carbonyl (C=O) groups excluding carboxylic acids is 2. The van der Waals surface area contributed by atoms with Crippen molar-refractivity contribution in [2.45, 2.75) is 76.3 Å². The quantitative estimate of drug-likeness (QED) is 0.653. The van der Waals surface area contributed by atoms with Crippen molar-refractivity contribution >= 4 is 23.6 Å². The molecule has 2 heterocycles. The van der Waals surface area contributed by atoms with Crippen LogP contribution in [0.25, 0.3) is 0 Å². The van der Waals surface area contributed by atoms with Gasteiger partial charge in [-0.25, -0.2) is 4.79 Å². The largest absolute Gasteiger partial charge is 0.480 e. The second-order valence-electron chi connectivity index (χ2n) is 11.2. The molecule has 0 radical (unpaired) electrons. The number of hydrogen-bond acceptors (Lipinski definition) is 4. The number of hydrogen-bond donors (Lipinski definition) is 1. The molecule has 2 aliphatic heterocycles. The average molecular weight is 497 g/mol. The summed E-state index contributed by atoms with van der Waals surface area (Å²) in [6, 6.07) is 6.70. The summed E-state index contributed by atoms with van der Waals surface area (Å²) >= 11 is 0. The van der Waals surface area contributed by atoms with Gasteiger partial charge in [0.25, 0.3) is 0 Å². The first-order valence-electron chi connectivity index (χ1n) is 13.8. The van der Waals surface area contributed by atoms with Gasteiger partial charge < -0.3 is 19.8 Å². The van der Waals surface area contributed by atoms with Crippen LogP contribution in [0.5, 0.6) is 0 Å². The molecule has 196 valence electrons. The molecule has 3 amide bonds. The molecule has 8 nitrogen and oxygen atoms in total. The highest BCUT2D eigenvalue weighted by Gasteiger charge is 2.39. The lowest BCUT2D eigenvalue weighted by Crippen LogP contribution is -2.50. The van der Waals surface area contributed by atoms with Crippen molar-refractivity contribution < 1.29 is 19.5 Å². The van der Waals surface area contributed by atoms with Crippen LogP contribution in [0, 0.1) is 5.92 Å². The van der Waals surface area contributed by atoms with Gasteiger partial charge in [0.2, 0.25) is 5.91 Å². The molecule has 36 heavy (non-hydrogen) atoms. The molecule has 1 N–H and O–H groups in total. The predicted molar refractivity (Wildman–Crippen MR) is 138 cm³/mol. The lowest BCUT2D eigenvalue weighted by atomic mass is 9.88. The van der Waals surface area contributed by atoms with Crippen molar-refractivity contribution in [1.82, 2.24) is 14.7 Å². The lowest BCUT2D eigenvalue weighted by molar-refractivity contribution is -0.149. The average Bonchev–Trinajstić information content (AvgIpc) is 3.51. The third-order valence-corrected chi connectivity index (χ3v) is 8.91. The summed E-state index contributed by atoms with van der Waals surface area (Å²) in [5.41, 5.74) is 3.74. The molecule has 5 rings (SSSR count). The number of anilines is 1. The van der Waals surface area contributed by atoms with Crippen LogP contribution < -0.4 is 4.90 Å². The van der Waals surface area contributed by atoms with Crippen LogP contribution in [0.15, 0.2) is 18.2 Å². The summed E-state index contributed by atoms with van der Waals surface area (Å²) in [5, 5.41) is 9.45. The van der Waals surface area contributed by atoms with Gasteiger partial charge in [-0.1, -0.05) is 18.9 Å². The van der Waals surface area contributed by atoms with Gasteiger partial charge in [0, 0.05) is 49.9 Å². The molecule has 1 aromatic carbocycles. The molecule has 0 atom stereocenters. The van der Waals surface area contributed by atoms with E-state index in [1.54, 1.807) is 4.90 Å². The Morgan fingerprint density at radius 3 is 2.33 bits per heavy atom. The Labute approximate surface area is 214 Å². The third-order valence-electron chi connectivity index (χ3n) is 8.91. The number of benzene rings is 1. The zero-order valence-corrected chi connectivity index (χ0v) is 21.5. The summed E-state index contributed by atoms with van der Waals surface area (Å²) < 4.78 is 0. The number of aliphatic carboxylic acids is 1. The first-order valence-corrected chi connectivity index (χ1v) is 13.8. The van der Waals surface area contributed by atoms with E-state index in [0.717, 1.165) is 83.0 Å². The number of carbonyl (C=O) groups is 3. The fraction of sp³-hybridized carbons (Fsp3) is 0.679. The molecule has 1 aromatic rings. The number of rotatable bonds is 6. The van der Waals surface area contributed by atoms with Gasteiger partial charge in [0.15, 0.2) is 0 Å². The zero-order chi connectivity index (χ0) is 25.2. The molecule has 4 aliphatic rings. The molecule has 0 bridgehead atoms. The summed E-state index contributed by atoms with van der Waals surface area (Å²) in [4.78, 5) is 46.0. The minimum absolute atomic E-state index is 0.0166. The van der Waals surface area contributed by atoms with Gasteiger partial charge in [-0.2, -0.15) is 0 Å². The first kappa shape index (κ1) is 25.1. The standard InChI is InChI=1S/C28H40N4O4/c1-29-14-12-20-6-7-25(18-22(20)13-15-29)31-17-16-30(28(31)36)23-8-10-24(11-9-23)32(19-26(33)34)27(35)21-4-2-3-5-21/h6-7,18,21,23-24H,2-5,8-17,19H2,1H3,(H,33,34)/t23-,24-. The van der Waals surface area contributed by atoms with E-state index in [1.807, 2.05) is 9.80 Å². The number of likely N-dealkylation sites (N-methyl/N-ethyl adjacent to an activating group) is 1. The maximum atomic E-state index is 13.4.